The zero-order valence-electron chi connectivity index (χ0n) is 19.9. The zero-order valence-corrected chi connectivity index (χ0v) is 21.4. The number of ether oxygens (including phenoxy) is 3. The van der Waals surface area contributed by atoms with Gasteiger partial charge in [-0.25, -0.2) is 8.42 Å². The van der Waals surface area contributed by atoms with Crippen LogP contribution in [0, 0.1) is 6.92 Å². The van der Waals surface area contributed by atoms with Crippen molar-refractivity contribution < 1.29 is 27.4 Å². The third-order valence-electron chi connectivity index (χ3n) is 5.05. The van der Waals surface area contributed by atoms with E-state index in [0.29, 0.717) is 23.8 Å². The standard InChI is InChI=1S/C25H27ClN2O6S/c1-5-34-20-10-7-18(8-11-20)27-25(29)16-28(19-9-13-22(32-3)21(26)15-19)35(30,31)24-14-17(2)6-12-23(24)33-4/h6-15H,5,16H2,1-4H3,(H,27,29). The monoisotopic (exact) mass is 518 g/mol. The van der Waals surface area contributed by atoms with Gasteiger partial charge in [0.15, 0.2) is 0 Å². The predicted octanol–water partition coefficient (Wildman–Crippen LogP) is 4.90. The number of carbonyl (C=O) groups is 1. The zero-order chi connectivity index (χ0) is 25.6. The fraction of sp³-hybridized carbons (Fsp3) is 0.240. The molecular formula is C25H27ClN2O6S. The van der Waals surface area contributed by atoms with E-state index in [0.717, 1.165) is 9.87 Å². The Morgan fingerprint density at radius 2 is 1.63 bits per heavy atom. The summed E-state index contributed by atoms with van der Waals surface area (Å²) in [6.45, 7) is 3.66. The number of halogens is 1. The molecule has 0 bridgehead atoms. The second kappa shape index (κ2) is 11.3. The van der Waals surface area contributed by atoms with E-state index < -0.39 is 22.5 Å². The molecule has 3 aromatic carbocycles. The molecule has 0 aliphatic carbocycles. The van der Waals surface area contributed by atoms with Gasteiger partial charge in [-0.05, 0) is 74.0 Å². The van der Waals surface area contributed by atoms with Gasteiger partial charge in [0.25, 0.3) is 10.0 Å². The highest BCUT2D eigenvalue weighted by Gasteiger charge is 2.30. The highest BCUT2D eigenvalue weighted by molar-refractivity contribution is 7.93. The van der Waals surface area contributed by atoms with Crippen LogP contribution >= 0.6 is 11.6 Å². The summed E-state index contributed by atoms with van der Waals surface area (Å²) in [5, 5.41) is 2.92. The Bertz CT molecular complexity index is 1300. The molecule has 0 aliphatic heterocycles. The number of rotatable bonds is 10. The summed E-state index contributed by atoms with van der Waals surface area (Å²) in [6, 6.07) is 16.1. The lowest BCUT2D eigenvalue weighted by Crippen LogP contribution is -2.38. The maximum absolute atomic E-state index is 13.8. The minimum Gasteiger partial charge on any atom is -0.495 e. The Labute approximate surface area is 210 Å². The van der Waals surface area contributed by atoms with Crippen LogP contribution in [0.15, 0.2) is 65.6 Å². The van der Waals surface area contributed by atoms with Crippen LogP contribution in [0.4, 0.5) is 11.4 Å². The van der Waals surface area contributed by atoms with Crippen LogP contribution < -0.4 is 23.8 Å². The maximum Gasteiger partial charge on any atom is 0.268 e. The van der Waals surface area contributed by atoms with Crippen LogP contribution in [0.3, 0.4) is 0 Å². The molecule has 0 radical (unpaired) electrons. The van der Waals surface area contributed by atoms with Gasteiger partial charge in [0.1, 0.15) is 28.7 Å². The average molecular weight is 519 g/mol. The van der Waals surface area contributed by atoms with Crippen molar-refractivity contribution in [3.63, 3.8) is 0 Å². The first-order valence-corrected chi connectivity index (χ1v) is 12.5. The molecule has 35 heavy (non-hydrogen) atoms. The maximum atomic E-state index is 13.8. The molecule has 10 heteroatoms. The summed E-state index contributed by atoms with van der Waals surface area (Å²) in [5.41, 5.74) is 1.41. The Kier molecular flexibility index (Phi) is 8.48. The van der Waals surface area contributed by atoms with Gasteiger partial charge >= 0.3 is 0 Å². The SMILES string of the molecule is CCOc1ccc(NC(=O)CN(c2ccc(OC)c(Cl)c2)S(=O)(=O)c2cc(C)ccc2OC)cc1. The van der Waals surface area contributed by atoms with Crippen molar-refractivity contribution in [2.24, 2.45) is 0 Å². The molecule has 8 nitrogen and oxygen atoms in total. The number of aryl methyl sites for hydroxylation is 1. The van der Waals surface area contributed by atoms with Gasteiger partial charge in [0.2, 0.25) is 5.91 Å². The van der Waals surface area contributed by atoms with Crippen LogP contribution in [0.5, 0.6) is 17.2 Å². The lowest BCUT2D eigenvalue weighted by atomic mass is 10.2. The number of nitrogens with one attached hydrogen (secondary N) is 1. The molecule has 1 N–H and O–H groups in total. The fourth-order valence-electron chi connectivity index (χ4n) is 3.36. The quantitative estimate of drug-likeness (QED) is 0.410. The largest absolute Gasteiger partial charge is 0.495 e. The minimum atomic E-state index is -4.23. The third-order valence-corrected chi connectivity index (χ3v) is 7.14. The molecule has 1 amide bonds. The first-order valence-electron chi connectivity index (χ1n) is 10.7. The van der Waals surface area contributed by atoms with E-state index in [1.165, 1.54) is 38.5 Å². The van der Waals surface area contributed by atoms with E-state index in [1.54, 1.807) is 43.3 Å². The number of benzene rings is 3. The summed E-state index contributed by atoms with van der Waals surface area (Å²) in [5.74, 6) is 0.650. The van der Waals surface area contributed by atoms with Crippen molar-refractivity contribution in [2.45, 2.75) is 18.7 Å². The van der Waals surface area contributed by atoms with E-state index in [4.69, 9.17) is 25.8 Å². The van der Waals surface area contributed by atoms with Crippen LogP contribution in [-0.4, -0.2) is 41.7 Å². The molecule has 3 rings (SSSR count). The molecule has 0 aromatic heterocycles. The summed E-state index contributed by atoms with van der Waals surface area (Å²) < 4.78 is 44.5. The fourth-order valence-corrected chi connectivity index (χ4v) is 5.27. The van der Waals surface area contributed by atoms with Crippen molar-refractivity contribution >= 4 is 38.9 Å². The number of hydrogen-bond acceptors (Lipinski definition) is 6. The number of carbonyl (C=O) groups excluding carboxylic acids is 1. The molecule has 0 fully saturated rings. The molecular weight excluding hydrogens is 492 g/mol. The summed E-state index contributed by atoms with van der Waals surface area (Å²) >= 11 is 6.28. The highest BCUT2D eigenvalue weighted by atomic mass is 35.5. The molecule has 0 unspecified atom stereocenters. The number of nitrogens with zero attached hydrogens (tertiary/aromatic N) is 1. The first kappa shape index (κ1) is 26.2. The highest BCUT2D eigenvalue weighted by Crippen LogP contribution is 2.34. The molecule has 0 atom stereocenters. The molecule has 0 saturated heterocycles. The predicted molar refractivity (Wildman–Crippen MR) is 137 cm³/mol. The lowest BCUT2D eigenvalue weighted by molar-refractivity contribution is -0.114. The van der Waals surface area contributed by atoms with E-state index in [9.17, 15) is 13.2 Å². The smallest absolute Gasteiger partial charge is 0.268 e. The van der Waals surface area contributed by atoms with Gasteiger partial charge in [0, 0.05) is 5.69 Å². The molecule has 3 aromatic rings. The third kappa shape index (κ3) is 6.17. The van der Waals surface area contributed by atoms with Crippen LogP contribution in [0.2, 0.25) is 5.02 Å². The molecule has 0 saturated carbocycles. The van der Waals surface area contributed by atoms with E-state index in [2.05, 4.69) is 5.32 Å². The van der Waals surface area contributed by atoms with Gasteiger partial charge in [-0.3, -0.25) is 9.10 Å². The van der Waals surface area contributed by atoms with Gasteiger partial charge in [-0.2, -0.15) is 0 Å². The van der Waals surface area contributed by atoms with Crippen molar-refractivity contribution in [1.29, 1.82) is 0 Å². The molecule has 0 aliphatic rings. The Hall–Kier alpha value is -3.43. The number of amides is 1. The second-order valence-electron chi connectivity index (χ2n) is 7.49. The van der Waals surface area contributed by atoms with E-state index >= 15 is 0 Å². The molecule has 0 heterocycles. The Morgan fingerprint density at radius 3 is 2.23 bits per heavy atom. The van der Waals surface area contributed by atoms with Crippen LogP contribution in [0.1, 0.15) is 12.5 Å². The van der Waals surface area contributed by atoms with Gasteiger partial charge in [-0.1, -0.05) is 17.7 Å². The normalized spacial score (nSPS) is 11.0. The Balaban J connectivity index is 1.99. The lowest BCUT2D eigenvalue weighted by Gasteiger charge is -2.25. The minimum absolute atomic E-state index is 0.0687. The van der Waals surface area contributed by atoms with Gasteiger partial charge in [0.05, 0.1) is 31.5 Å². The molecule has 0 spiro atoms. The molecule has 186 valence electrons. The topological polar surface area (TPSA) is 94.2 Å². The van der Waals surface area contributed by atoms with Crippen molar-refractivity contribution in [3.05, 3.63) is 71.2 Å². The first-order chi connectivity index (χ1) is 16.7. The number of sulfonamides is 1. The van der Waals surface area contributed by atoms with Crippen molar-refractivity contribution in [3.8, 4) is 17.2 Å². The number of hydrogen-bond donors (Lipinski definition) is 1. The van der Waals surface area contributed by atoms with Gasteiger partial charge < -0.3 is 19.5 Å². The summed E-state index contributed by atoms with van der Waals surface area (Å²) in [6.07, 6.45) is 0. The van der Waals surface area contributed by atoms with Crippen LogP contribution in [-0.2, 0) is 14.8 Å². The number of methoxy groups -OCH3 is 2. The van der Waals surface area contributed by atoms with E-state index in [1.807, 2.05) is 6.92 Å². The van der Waals surface area contributed by atoms with E-state index in [-0.39, 0.29) is 21.4 Å². The van der Waals surface area contributed by atoms with Crippen LogP contribution in [0.25, 0.3) is 0 Å². The average Bonchev–Trinajstić information content (AvgIpc) is 2.83. The van der Waals surface area contributed by atoms with Crippen molar-refractivity contribution in [2.75, 3.05) is 37.0 Å². The summed E-state index contributed by atoms with van der Waals surface area (Å²) in [7, 11) is -1.39. The Morgan fingerprint density at radius 1 is 0.971 bits per heavy atom. The summed E-state index contributed by atoms with van der Waals surface area (Å²) in [4.78, 5) is 12.9. The number of anilines is 2. The second-order valence-corrected chi connectivity index (χ2v) is 9.73. The van der Waals surface area contributed by atoms with Gasteiger partial charge in [-0.15, -0.1) is 0 Å². The van der Waals surface area contributed by atoms with Crippen molar-refractivity contribution in [1.82, 2.24) is 0 Å².